The van der Waals surface area contributed by atoms with E-state index in [4.69, 9.17) is 0 Å². The summed E-state index contributed by atoms with van der Waals surface area (Å²) in [6.45, 7) is 6.11. The molecule has 0 aliphatic rings. The Morgan fingerprint density at radius 3 is 2.37 bits per heavy atom. The third-order valence-electron chi connectivity index (χ3n) is 4.86. The van der Waals surface area contributed by atoms with Crippen LogP contribution in [0.2, 0.25) is 0 Å². The van der Waals surface area contributed by atoms with Crippen molar-refractivity contribution >= 4 is 20.9 Å². The van der Waals surface area contributed by atoms with Gasteiger partial charge in [0.25, 0.3) is 5.56 Å². The molecule has 5 nitrogen and oxygen atoms in total. The maximum atomic E-state index is 12.3. The first kappa shape index (κ1) is 19.3. The number of fused-ring (bicyclic) bond motifs is 1. The highest BCUT2D eigenvalue weighted by Crippen LogP contribution is 2.17. The number of aromatic nitrogens is 1. The molecule has 0 unspecified atom stereocenters. The van der Waals surface area contributed by atoms with Crippen molar-refractivity contribution in [3.8, 4) is 0 Å². The van der Waals surface area contributed by atoms with Crippen LogP contribution in [0.25, 0.3) is 10.9 Å². The minimum Gasteiger partial charge on any atom is -0.322 e. The van der Waals surface area contributed by atoms with Crippen LogP contribution in [0.4, 0.5) is 0 Å². The molecule has 2 aromatic carbocycles. The topological polar surface area (TPSA) is 79.0 Å². The van der Waals surface area contributed by atoms with Crippen molar-refractivity contribution in [3.63, 3.8) is 0 Å². The highest BCUT2D eigenvalue weighted by molar-refractivity contribution is 7.88. The van der Waals surface area contributed by atoms with Crippen LogP contribution >= 0.6 is 0 Å². The molecule has 1 heterocycles. The summed E-state index contributed by atoms with van der Waals surface area (Å²) in [5.74, 6) is -0.0633. The predicted molar refractivity (Wildman–Crippen MR) is 110 cm³/mol. The van der Waals surface area contributed by atoms with Gasteiger partial charge in [0.1, 0.15) is 0 Å². The summed E-state index contributed by atoms with van der Waals surface area (Å²) in [6, 6.07) is 13.3. The molecule has 0 aliphatic carbocycles. The summed E-state index contributed by atoms with van der Waals surface area (Å²) >= 11 is 0. The van der Waals surface area contributed by atoms with Crippen molar-refractivity contribution in [3.05, 3.63) is 80.6 Å². The third kappa shape index (κ3) is 4.64. The Hall–Kier alpha value is -2.44. The molecule has 0 amide bonds. The fourth-order valence-corrected chi connectivity index (χ4v) is 4.33. The SMILES string of the molecule is Cc1cc2cc(CCNS(=O)(=O)Cc3ccccc3C)c(=O)[nH]c2cc1C. The number of rotatable bonds is 6. The Balaban J connectivity index is 1.71. The third-order valence-corrected chi connectivity index (χ3v) is 6.19. The smallest absolute Gasteiger partial charge is 0.251 e. The van der Waals surface area contributed by atoms with Crippen LogP contribution in [0, 0.1) is 20.8 Å². The average Bonchev–Trinajstić information content (AvgIpc) is 2.59. The molecule has 0 saturated carbocycles. The molecule has 27 heavy (non-hydrogen) atoms. The molecule has 6 heteroatoms. The van der Waals surface area contributed by atoms with Crippen LogP contribution in [0.15, 0.2) is 47.3 Å². The van der Waals surface area contributed by atoms with Crippen LogP contribution in [-0.2, 0) is 22.2 Å². The van der Waals surface area contributed by atoms with Crippen molar-refractivity contribution in [2.75, 3.05) is 6.54 Å². The van der Waals surface area contributed by atoms with E-state index in [1.165, 1.54) is 0 Å². The van der Waals surface area contributed by atoms with Crippen LogP contribution < -0.4 is 10.3 Å². The highest BCUT2D eigenvalue weighted by Gasteiger charge is 2.13. The first-order valence-electron chi connectivity index (χ1n) is 8.90. The zero-order valence-electron chi connectivity index (χ0n) is 15.8. The summed E-state index contributed by atoms with van der Waals surface area (Å²) in [7, 11) is -3.46. The Morgan fingerprint density at radius 2 is 1.63 bits per heavy atom. The van der Waals surface area contributed by atoms with Gasteiger partial charge in [-0.15, -0.1) is 0 Å². The monoisotopic (exact) mass is 384 g/mol. The van der Waals surface area contributed by atoms with Crippen molar-refractivity contribution in [2.24, 2.45) is 0 Å². The fourth-order valence-electron chi connectivity index (χ4n) is 3.08. The summed E-state index contributed by atoms with van der Waals surface area (Å²) in [6.07, 6.45) is 0.338. The number of pyridine rings is 1. The number of hydrogen-bond donors (Lipinski definition) is 2. The van der Waals surface area contributed by atoms with Crippen LogP contribution in [-0.4, -0.2) is 19.9 Å². The lowest BCUT2D eigenvalue weighted by atomic mass is 10.0. The second-order valence-corrected chi connectivity index (χ2v) is 8.78. The quantitative estimate of drug-likeness (QED) is 0.685. The number of benzene rings is 2. The molecule has 0 fully saturated rings. The van der Waals surface area contributed by atoms with Gasteiger partial charge in [-0.25, -0.2) is 13.1 Å². The molecule has 142 valence electrons. The Morgan fingerprint density at radius 1 is 0.926 bits per heavy atom. The lowest BCUT2D eigenvalue weighted by Gasteiger charge is -2.09. The van der Waals surface area contributed by atoms with Gasteiger partial charge in [0.15, 0.2) is 0 Å². The van der Waals surface area contributed by atoms with Gasteiger partial charge in [0.05, 0.1) is 5.75 Å². The van der Waals surface area contributed by atoms with E-state index < -0.39 is 10.0 Å². The van der Waals surface area contributed by atoms with Gasteiger partial charge < -0.3 is 4.98 Å². The largest absolute Gasteiger partial charge is 0.322 e. The van der Waals surface area contributed by atoms with Crippen molar-refractivity contribution < 1.29 is 8.42 Å². The van der Waals surface area contributed by atoms with Crippen molar-refractivity contribution in [1.29, 1.82) is 0 Å². The molecule has 0 bridgehead atoms. The highest BCUT2D eigenvalue weighted by atomic mass is 32.2. The summed E-state index contributed by atoms with van der Waals surface area (Å²) in [4.78, 5) is 15.2. The molecular formula is C21H24N2O3S. The minimum atomic E-state index is -3.46. The van der Waals surface area contributed by atoms with Gasteiger partial charge in [-0.2, -0.15) is 0 Å². The van der Waals surface area contributed by atoms with E-state index in [2.05, 4.69) is 9.71 Å². The molecule has 3 rings (SSSR count). The first-order valence-corrected chi connectivity index (χ1v) is 10.6. The molecule has 0 spiro atoms. The first-order chi connectivity index (χ1) is 12.7. The maximum absolute atomic E-state index is 12.3. The molecular weight excluding hydrogens is 360 g/mol. The summed E-state index contributed by atoms with van der Waals surface area (Å²) < 4.78 is 27.2. The second kappa shape index (κ2) is 7.66. The Bertz CT molecular complexity index is 1150. The molecule has 1 aromatic heterocycles. The Labute approximate surface area is 159 Å². The minimum absolute atomic E-state index is 0.0633. The average molecular weight is 385 g/mol. The van der Waals surface area contributed by atoms with Crippen molar-refractivity contribution in [2.45, 2.75) is 32.9 Å². The van der Waals surface area contributed by atoms with E-state index >= 15 is 0 Å². The number of sulfonamides is 1. The van der Waals surface area contributed by atoms with Crippen molar-refractivity contribution in [1.82, 2.24) is 9.71 Å². The van der Waals surface area contributed by atoms with Gasteiger partial charge in [0, 0.05) is 17.6 Å². The Kier molecular flexibility index (Phi) is 5.48. The van der Waals surface area contributed by atoms with Gasteiger partial charge in [0.2, 0.25) is 10.0 Å². The zero-order valence-corrected chi connectivity index (χ0v) is 16.6. The second-order valence-electron chi connectivity index (χ2n) is 6.98. The maximum Gasteiger partial charge on any atom is 0.251 e. The standard InChI is InChI=1S/C21H24N2O3S/c1-14-6-4-5-7-18(14)13-27(25,26)22-9-8-17-12-19-10-15(2)16(3)11-20(19)23-21(17)24/h4-7,10-12,22H,8-9,13H2,1-3H3,(H,23,24). The number of hydrogen-bond acceptors (Lipinski definition) is 3. The molecule has 0 atom stereocenters. The number of aromatic amines is 1. The fraction of sp³-hybridized carbons (Fsp3) is 0.286. The van der Waals surface area contributed by atoms with Gasteiger partial charge in [-0.3, -0.25) is 4.79 Å². The molecule has 3 aromatic rings. The van der Waals surface area contributed by atoms with E-state index in [9.17, 15) is 13.2 Å². The molecule has 2 N–H and O–H groups in total. The number of H-pyrrole nitrogens is 1. The zero-order chi connectivity index (χ0) is 19.6. The van der Waals surface area contributed by atoms with Gasteiger partial charge >= 0.3 is 0 Å². The van der Waals surface area contributed by atoms with E-state index in [1.807, 2.05) is 63.2 Å². The summed E-state index contributed by atoms with van der Waals surface area (Å²) in [5.41, 5.74) is 5.19. The molecule has 0 saturated heterocycles. The van der Waals surface area contributed by atoms with Gasteiger partial charge in [-0.1, -0.05) is 24.3 Å². The van der Waals surface area contributed by atoms with E-state index in [0.29, 0.717) is 12.0 Å². The van der Waals surface area contributed by atoms with E-state index in [-0.39, 0.29) is 17.9 Å². The molecule has 0 radical (unpaired) electrons. The van der Waals surface area contributed by atoms with Gasteiger partial charge in [-0.05, 0) is 73.0 Å². The normalized spacial score (nSPS) is 11.8. The predicted octanol–water partition coefficient (Wildman–Crippen LogP) is 3.12. The number of aryl methyl sites for hydroxylation is 3. The van der Waals surface area contributed by atoms with Crippen LogP contribution in [0.1, 0.15) is 27.8 Å². The van der Waals surface area contributed by atoms with E-state index in [1.54, 1.807) is 0 Å². The van der Waals surface area contributed by atoms with Crippen LogP contribution in [0.3, 0.4) is 0 Å². The summed E-state index contributed by atoms with van der Waals surface area (Å²) in [5, 5.41) is 0.954. The van der Waals surface area contributed by atoms with Crippen LogP contribution in [0.5, 0.6) is 0 Å². The van der Waals surface area contributed by atoms with E-state index in [0.717, 1.165) is 33.2 Å². The number of nitrogens with one attached hydrogen (secondary N) is 2. The lowest BCUT2D eigenvalue weighted by molar-refractivity contribution is 0.580. The lowest BCUT2D eigenvalue weighted by Crippen LogP contribution is -2.29. The molecule has 0 aliphatic heterocycles.